The second-order valence-corrected chi connectivity index (χ2v) is 6.18. The first kappa shape index (κ1) is 16.5. The van der Waals surface area contributed by atoms with Crippen LogP contribution in [0.5, 0.6) is 0 Å². The first-order valence-electron chi connectivity index (χ1n) is 8.58. The summed E-state index contributed by atoms with van der Waals surface area (Å²) in [6, 6.07) is 0.515. The van der Waals surface area contributed by atoms with Gasteiger partial charge in [-0.05, 0) is 25.7 Å². The molecule has 1 aliphatic rings. The second-order valence-electron chi connectivity index (χ2n) is 6.18. The van der Waals surface area contributed by atoms with Gasteiger partial charge in [-0.3, -0.25) is 4.79 Å². The highest BCUT2D eigenvalue weighted by Gasteiger charge is 2.26. The van der Waals surface area contributed by atoms with E-state index >= 15 is 0 Å². The Morgan fingerprint density at radius 2 is 1.47 bits per heavy atom. The molecule has 2 heteroatoms. The fourth-order valence-corrected chi connectivity index (χ4v) is 2.59. The first-order valence-corrected chi connectivity index (χ1v) is 8.58. The van der Waals surface area contributed by atoms with Gasteiger partial charge in [-0.1, -0.05) is 65.2 Å². The van der Waals surface area contributed by atoms with Gasteiger partial charge in [0, 0.05) is 12.0 Å². The normalized spacial score (nSPS) is 16.3. The van der Waals surface area contributed by atoms with Crippen molar-refractivity contribution >= 4 is 5.91 Å². The summed E-state index contributed by atoms with van der Waals surface area (Å²) in [6.45, 7) is 4.47. The van der Waals surface area contributed by atoms with Crippen LogP contribution in [-0.2, 0) is 4.79 Å². The average molecular weight is 267 g/mol. The Morgan fingerprint density at radius 3 is 2.05 bits per heavy atom. The number of carbonyl (C=O) groups excluding carboxylic acids is 1. The van der Waals surface area contributed by atoms with Crippen molar-refractivity contribution in [3.8, 4) is 0 Å². The third-order valence-corrected chi connectivity index (χ3v) is 4.11. The summed E-state index contributed by atoms with van der Waals surface area (Å²) >= 11 is 0. The van der Waals surface area contributed by atoms with E-state index in [-0.39, 0.29) is 5.92 Å². The molecular weight excluding hydrogens is 234 g/mol. The van der Waals surface area contributed by atoms with Crippen LogP contribution in [-0.4, -0.2) is 11.9 Å². The van der Waals surface area contributed by atoms with Crippen molar-refractivity contribution < 1.29 is 4.79 Å². The molecule has 0 aromatic rings. The van der Waals surface area contributed by atoms with E-state index in [1.54, 1.807) is 0 Å². The molecule has 1 fully saturated rings. The van der Waals surface area contributed by atoms with Gasteiger partial charge in [-0.15, -0.1) is 0 Å². The molecule has 0 aliphatic heterocycles. The van der Waals surface area contributed by atoms with Gasteiger partial charge in [0.2, 0.25) is 5.91 Å². The van der Waals surface area contributed by atoms with Crippen molar-refractivity contribution in [3.63, 3.8) is 0 Å². The van der Waals surface area contributed by atoms with E-state index in [1.807, 2.05) is 0 Å². The van der Waals surface area contributed by atoms with Gasteiger partial charge < -0.3 is 5.32 Å². The molecular formula is C17H33NO. The molecule has 1 unspecified atom stereocenters. The molecule has 0 aromatic heterocycles. The highest BCUT2D eigenvalue weighted by molar-refractivity contribution is 5.79. The fourth-order valence-electron chi connectivity index (χ4n) is 2.59. The van der Waals surface area contributed by atoms with E-state index in [0.29, 0.717) is 11.9 Å². The van der Waals surface area contributed by atoms with Crippen molar-refractivity contribution in [3.05, 3.63) is 0 Å². The molecule has 0 spiro atoms. The van der Waals surface area contributed by atoms with Crippen LogP contribution in [0.3, 0.4) is 0 Å². The molecule has 1 saturated carbocycles. The summed E-state index contributed by atoms with van der Waals surface area (Å²) in [4.78, 5) is 12.2. The molecule has 0 bridgehead atoms. The highest BCUT2D eigenvalue weighted by Crippen LogP contribution is 2.23. The van der Waals surface area contributed by atoms with Crippen LogP contribution in [0, 0.1) is 5.92 Å². The summed E-state index contributed by atoms with van der Waals surface area (Å²) in [7, 11) is 0. The zero-order valence-corrected chi connectivity index (χ0v) is 13.0. The van der Waals surface area contributed by atoms with Crippen molar-refractivity contribution in [1.29, 1.82) is 0 Å². The molecule has 1 aliphatic carbocycles. The summed E-state index contributed by atoms with van der Waals surface area (Å²) in [5.41, 5.74) is 0. The van der Waals surface area contributed by atoms with Crippen molar-refractivity contribution in [2.24, 2.45) is 5.92 Å². The monoisotopic (exact) mass is 267 g/mol. The second kappa shape index (κ2) is 10.3. The molecule has 112 valence electrons. The molecule has 1 amide bonds. The molecule has 0 aromatic carbocycles. The smallest absolute Gasteiger partial charge is 0.223 e. The lowest BCUT2D eigenvalue weighted by atomic mass is 9.93. The van der Waals surface area contributed by atoms with Crippen molar-refractivity contribution in [1.82, 2.24) is 5.32 Å². The van der Waals surface area contributed by atoms with Crippen LogP contribution in [0.4, 0.5) is 0 Å². The third-order valence-electron chi connectivity index (χ3n) is 4.11. The molecule has 1 atom stereocenters. The molecule has 1 N–H and O–H groups in total. The maximum atomic E-state index is 12.2. The third kappa shape index (κ3) is 8.28. The predicted octanol–water partition coefficient (Wildman–Crippen LogP) is 4.82. The van der Waals surface area contributed by atoms with Crippen LogP contribution in [0.25, 0.3) is 0 Å². The quantitative estimate of drug-likeness (QED) is 0.505. The number of hydrogen-bond donors (Lipinski definition) is 1. The van der Waals surface area contributed by atoms with Crippen LogP contribution in [0.1, 0.15) is 90.9 Å². The highest BCUT2D eigenvalue weighted by atomic mass is 16.2. The Balaban J connectivity index is 2.19. The zero-order valence-electron chi connectivity index (χ0n) is 13.0. The van der Waals surface area contributed by atoms with Gasteiger partial charge in [0.25, 0.3) is 0 Å². The molecule has 1 rings (SSSR count). The summed E-state index contributed by atoms with van der Waals surface area (Å²) in [5.74, 6) is 0.628. The average Bonchev–Trinajstić information content (AvgIpc) is 3.20. The van der Waals surface area contributed by atoms with Crippen molar-refractivity contribution in [2.75, 3.05) is 0 Å². The zero-order chi connectivity index (χ0) is 13.9. The lowest BCUT2D eigenvalue weighted by molar-refractivity contribution is -0.125. The molecule has 2 nitrogen and oxygen atoms in total. The van der Waals surface area contributed by atoms with Gasteiger partial charge in [-0.25, -0.2) is 0 Å². The van der Waals surface area contributed by atoms with Crippen LogP contribution in [0.15, 0.2) is 0 Å². The minimum absolute atomic E-state index is 0.286. The number of hydrogen-bond acceptors (Lipinski definition) is 1. The lowest BCUT2D eigenvalue weighted by Crippen LogP contribution is -2.32. The first-order chi connectivity index (χ1) is 9.27. The number of nitrogens with one attached hydrogen (secondary N) is 1. The Morgan fingerprint density at radius 1 is 0.947 bits per heavy atom. The molecule has 19 heavy (non-hydrogen) atoms. The van der Waals surface area contributed by atoms with Gasteiger partial charge >= 0.3 is 0 Å². The maximum absolute atomic E-state index is 12.2. The molecule has 0 saturated heterocycles. The summed E-state index contributed by atoms with van der Waals surface area (Å²) in [6.07, 6.45) is 14.8. The predicted molar refractivity (Wildman–Crippen MR) is 82.2 cm³/mol. The Bertz CT molecular complexity index is 235. The Hall–Kier alpha value is -0.530. The minimum Gasteiger partial charge on any atom is -0.353 e. The number of rotatable bonds is 12. The van der Waals surface area contributed by atoms with Gasteiger partial charge in [0.1, 0.15) is 0 Å². The Labute approximate surface area is 119 Å². The van der Waals surface area contributed by atoms with E-state index < -0.39 is 0 Å². The summed E-state index contributed by atoms with van der Waals surface area (Å²) < 4.78 is 0. The lowest BCUT2D eigenvalue weighted by Gasteiger charge is -2.16. The van der Waals surface area contributed by atoms with E-state index in [0.717, 1.165) is 12.8 Å². The van der Waals surface area contributed by atoms with Crippen LogP contribution >= 0.6 is 0 Å². The molecule has 0 radical (unpaired) electrons. The van der Waals surface area contributed by atoms with Gasteiger partial charge in [0.15, 0.2) is 0 Å². The standard InChI is InChI=1S/C17H33NO/c1-3-5-7-8-10-12-15(11-9-6-4-2)17(19)18-16-13-14-16/h15-16H,3-14H2,1-2H3,(H,18,19). The fraction of sp³-hybridized carbons (Fsp3) is 0.941. The van der Waals surface area contributed by atoms with Crippen LogP contribution in [0.2, 0.25) is 0 Å². The topological polar surface area (TPSA) is 29.1 Å². The summed E-state index contributed by atoms with van der Waals surface area (Å²) in [5, 5.41) is 3.19. The number of amides is 1. The number of carbonyl (C=O) groups is 1. The van der Waals surface area contributed by atoms with Gasteiger partial charge in [-0.2, -0.15) is 0 Å². The number of unbranched alkanes of at least 4 members (excludes halogenated alkanes) is 6. The largest absolute Gasteiger partial charge is 0.353 e. The molecule has 0 heterocycles. The van der Waals surface area contributed by atoms with E-state index in [9.17, 15) is 4.79 Å². The van der Waals surface area contributed by atoms with E-state index in [2.05, 4.69) is 19.2 Å². The Kier molecular flexibility index (Phi) is 8.94. The van der Waals surface area contributed by atoms with Crippen LogP contribution < -0.4 is 5.32 Å². The van der Waals surface area contributed by atoms with E-state index in [1.165, 1.54) is 64.2 Å². The van der Waals surface area contributed by atoms with Crippen molar-refractivity contribution in [2.45, 2.75) is 96.9 Å². The van der Waals surface area contributed by atoms with Gasteiger partial charge in [0.05, 0.1) is 0 Å². The minimum atomic E-state index is 0.286. The maximum Gasteiger partial charge on any atom is 0.223 e. The van der Waals surface area contributed by atoms with E-state index in [4.69, 9.17) is 0 Å². The SMILES string of the molecule is CCCCCCCC(CCCCC)C(=O)NC1CC1.